The summed E-state index contributed by atoms with van der Waals surface area (Å²) in [5.74, 6) is 0.947. The van der Waals surface area contributed by atoms with Crippen molar-refractivity contribution in [2.45, 2.75) is 25.8 Å². The molecule has 0 unspecified atom stereocenters. The van der Waals surface area contributed by atoms with Crippen molar-refractivity contribution in [3.63, 3.8) is 0 Å². The molecule has 1 aliphatic heterocycles. The van der Waals surface area contributed by atoms with Crippen LogP contribution in [0.4, 0.5) is 0 Å². The molecule has 1 saturated heterocycles. The van der Waals surface area contributed by atoms with E-state index >= 15 is 0 Å². The summed E-state index contributed by atoms with van der Waals surface area (Å²) in [7, 11) is 1.98. The molecule has 1 aliphatic rings. The molecule has 0 spiro atoms. The Morgan fingerprint density at radius 3 is 2.83 bits per heavy atom. The summed E-state index contributed by atoms with van der Waals surface area (Å²) >= 11 is 0. The number of amides is 1. The third-order valence-corrected chi connectivity index (χ3v) is 3.49. The van der Waals surface area contributed by atoms with Crippen LogP contribution >= 0.6 is 0 Å². The zero-order valence-corrected chi connectivity index (χ0v) is 10.9. The molecule has 1 aromatic rings. The first kappa shape index (κ1) is 13.0. The van der Waals surface area contributed by atoms with Gasteiger partial charge in [-0.1, -0.05) is 5.21 Å². The fourth-order valence-corrected chi connectivity index (χ4v) is 2.40. The first-order chi connectivity index (χ1) is 8.79. The predicted octanol–water partition coefficient (Wildman–Crippen LogP) is 0.126. The molecule has 1 aromatic heterocycles. The van der Waals surface area contributed by atoms with Crippen LogP contribution in [-0.2, 0) is 11.3 Å². The Labute approximate surface area is 107 Å². The summed E-state index contributed by atoms with van der Waals surface area (Å²) < 4.78 is 1.70. The molecule has 6 nitrogen and oxygen atoms in total. The van der Waals surface area contributed by atoms with E-state index in [1.807, 2.05) is 11.9 Å². The van der Waals surface area contributed by atoms with Gasteiger partial charge in [-0.05, 0) is 32.4 Å². The van der Waals surface area contributed by atoms with Crippen molar-refractivity contribution in [2.24, 2.45) is 5.92 Å². The molecule has 2 heterocycles. The SMILES string of the molecule is CNCC1CCN(C(=O)CCn2ccnn2)CC1. The maximum Gasteiger partial charge on any atom is 0.224 e. The van der Waals surface area contributed by atoms with Crippen molar-refractivity contribution in [1.82, 2.24) is 25.2 Å². The summed E-state index contributed by atoms with van der Waals surface area (Å²) in [5.41, 5.74) is 0. The van der Waals surface area contributed by atoms with E-state index in [4.69, 9.17) is 0 Å². The highest BCUT2D eigenvalue weighted by atomic mass is 16.2. The number of aromatic nitrogens is 3. The van der Waals surface area contributed by atoms with Crippen molar-refractivity contribution in [3.05, 3.63) is 12.4 Å². The summed E-state index contributed by atoms with van der Waals surface area (Å²) in [5, 5.41) is 10.8. The minimum Gasteiger partial charge on any atom is -0.343 e. The third-order valence-electron chi connectivity index (χ3n) is 3.49. The van der Waals surface area contributed by atoms with Crippen molar-refractivity contribution in [1.29, 1.82) is 0 Å². The lowest BCUT2D eigenvalue weighted by Crippen LogP contribution is -2.40. The highest BCUT2D eigenvalue weighted by molar-refractivity contribution is 5.76. The lowest BCUT2D eigenvalue weighted by Gasteiger charge is -2.32. The van der Waals surface area contributed by atoms with E-state index < -0.39 is 0 Å². The van der Waals surface area contributed by atoms with Crippen LogP contribution in [0.15, 0.2) is 12.4 Å². The first-order valence-electron chi connectivity index (χ1n) is 6.56. The molecule has 0 aliphatic carbocycles. The quantitative estimate of drug-likeness (QED) is 0.808. The maximum atomic E-state index is 12.0. The molecule has 18 heavy (non-hydrogen) atoms. The van der Waals surface area contributed by atoms with Gasteiger partial charge in [0, 0.05) is 25.7 Å². The van der Waals surface area contributed by atoms with Gasteiger partial charge in [-0.2, -0.15) is 0 Å². The number of nitrogens with zero attached hydrogens (tertiary/aromatic N) is 4. The van der Waals surface area contributed by atoms with Crippen molar-refractivity contribution in [3.8, 4) is 0 Å². The number of likely N-dealkylation sites (tertiary alicyclic amines) is 1. The minimum absolute atomic E-state index is 0.230. The topological polar surface area (TPSA) is 63.1 Å². The van der Waals surface area contributed by atoms with Crippen LogP contribution in [-0.4, -0.2) is 52.5 Å². The number of aryl methyl sites for hydroxylation is 1. The van der Waals surface area contributed by atoms with Gasteiger partial charge in [-0.25, -0.2) is 0 Å². The molecular weight excluding hydrogens is 230 g/mol. The molecule has 1 N–H and O–H groups in total. The molecule has 0 atom stereocenters. The molecule has 1 amide bonds. The molecule has 0 aromatic carbocycles. The maximum absolute atomic E-state index is 12.0. The Hall–Kier alpha value is -1.43. The number of carbonyl (C=O) groups excluding carboxylic acids is 1. The molecule has 0 saturated carbocycles. The van der Waals surface area contributed by atoms with Gasteiger partial charge in [0.05, 0.1) is 12.7 Å². The smallest absolute Gasteiger partial charge is 0.224 e. The number of carbonyl (C=O) groups is 1. The molecule has 0 bridgehead atoms. The molecule has 0 radical (unpaired) electrons. The first-order valence-corrected chi connectivity index (χ1v) is 6.56. The molecule has 6 heteroatoms. The van der Waals surface area contributed by atoms with Crippen LogP contribution in [0.25, 0.3) is 0 Å². The zero-order chi connectivity index (χ0) is 12.8. The van der Waals surface area contributed by atoms with Gasteiger partial charge in [0.2, 0.25) is 5.91 Å². The van der Waals surface area contributed by atoms with Gasteiger partial charge >= 0.3 is 0 Å². The average Bonchev–Trinajstić information content (AvgIpc) is 2.90. The van der Waals surface area contributed by atoms with Gasteiger partial charge < -0.3 is 10.2 Å². The summed E-state index contributed by atoms with van der Waals surface area (Å²) in [6.45, 7) is 3.46. The van der Waals surface area contributed by atoms with Crippen LogP contribution in [0.3, 0.4) is 0 Å². The average molecular weight is 251 g/mol. The molecule has 1 fully saturated rings. The number of piperidine rings is 1. The summed E-state index contributed by atoms with van der Waals surface area (Å²) in [6.07, 6.45) is 6.14. The molecule has 100 valence electrons. The van der Waals surface area contributed by atoms with E-state index in [0.717, 1.165) is 38.4 Å². The van der Waals surface area contributed by atoms with E-state index in [1.54, 1.807) is 17.1 Å². The van der Waals surface area contributed by atoms with Crippen LogP contribution in [0.2, 0.25) is 0 Å². The Kier molecular flexibility index (Phi) is 4.69. The highest BCUT2D eigenvalue weighted by Gasteiger charge is 2.21. The standard InChI is InChI=1S/C12H21N5O/c1-13-10-11-2-6-16(7-3-11)12(18)4-8-17-9-5-14-15-17/h5,9,11,13H,2-4,6-8,10H2,1H3. The minimum atomic E-state index is 0.230. The number of hydrogen-bond donors (Lipinski definition) is 1. The lowest BCUT2D eigenvalue weighted by molar-refractivity contribution is -0.132. The van der Waals surface area contributed by atoms with Gasteiger partial charge in [0.15, 0.2) is 0 Å². The van der Waals surface area contributed by atoms with E-state index in [9.17, 15) is 4.79 Å². The van der Waals surface area contributed by atoms with Crippen LogP contribution in [0, 0.1) is 5.92 Å². The van der Waals surface area contributed by atoms with E-state index in [2.05, 4.69) is 15.6 Å². The Bertz CT molecular complexity index is 357. The lowest BCUT2D eigenvalue weighted by atomic mass is 9.96. The van der Waals surface area contributed by atoms with E-state index in [-0.39, 0.29) is 5.91 Å². The molecular formula is C12H21N5O. The van der Waals surface area contributed by atoms with Crippen LogP contribution < -0.4 is 5.32 Å². The second-order valence-corrected chi connectivity index (χ2v) is 4.80. The number of hydrogen-bond acceptors (Lipinski definition) is 4. The predicted molar refractivity (Wildman–Crippen MR) is 67.9 cm³/mol. The third kappa shape index (κ3) is 3.53. The van der Waals surface area contributed by atoms with Crippen molar-refractivity contribution < 1.29 is 4.79 Å². The molecule has 2 rings (SSSR count). The fraction of sp³-hybridized carbons (Fsp3) is 0.750. The monoisotopic (exact) mass is 251 g/mol. The van der Waals surface area contributed by atoms with E-state index in [1.165, 1.54) is 0 Å². The van der Waals surface area contributed by atoms with Crippen LogP contribution in [0.1, 0.15) is 19.3 Å². The highest BCUT2D eigenvalue weighted by Crippen LogP contribution is 2.16. The Morgan fingerprint density at radius 1 is 1.44 bits per heavy atom. The zero-order valence-electron chi connectivity index (χ0n) is 10.9. The van der Waals surface area contributed by atoms with Crippen molar-refractivity contribution in [2.75, 3.05) is 26.7 Å². The largest absolute Gasteiger partial charge is 0.343 e. The van der Waals surface area contributed by atoms with Gasteiger partial charge in [0.1, 0.15) is 0 Å². The fourth-order valence-electron chi connectivity index (χ4n) is 2.40. The van der Waals surface area contributed by atoms with Gasteiger partial charge in [-0.15, -0.1) is 5.10 Å². The van der Waals surface area contributed by atoms with Crippen LogP contribution in [0.5, 0.6) is 0 Å². The summed E-state index contributed by atoms with van der Waals surface area (Å²) in [4.78, 5) is 14.0. The number of nitrogens with one attached hydrogen (secondary N) is 1. The van der Waals surface area contributed by atoms with Gasteiger partial charge in [0.25, 0.3) is 0 Å². The van der Waals surface area contributed by atoms with E-state index in [0.29, 0.717) is 13.0 Å². The second kappa shape index (κ2) is 6.49. The number of rotatable bonds is 5. The van der Waals surface area contributed by atoms with Crippen molar-refractivity contribution >= 4 is 5.91 Å². The summed E-state index contributed by atoms with van der Waals surface area (Å²) in [6, 6.07) is 0. The normalized spacial score (nSPS) is 17.1. The Balaban J connectivity index is 1.70. The Morgan fingerprint density at radius 2 is 2.22 bits per heavy atom. The second-order valence-electron chi connectivity index (χ2n) is 4.80. The van der Waals surface area contributed by atoms with Gasteiger partial charge in [-0.3, -0.25) is 9.48 Å².